The molecule has 0 radical (unpaired) electrons. The average Bonchev–Trinajstić information content (AvgIpc) is 2.68. The van der Waals surface area contributed by atoms with Crippen molar-refractivity contribution in [3.63, 3.8) is 0 Å². The Kier molecular flexibility index (Phi) is 7.39. The van der Waals surface area contributed by atoms with E-state index in [9.17, 15) is 15.2 Å². The number of phenolic OH excluding ortho intramolecular Hbond substituents is 1. The highest BCUT2D eigenvalue weighted by atomic mass is 16.5. The minimum Gasteiger partial charge on any atom is -0.508 e. The van der Waals surface area contributed by atoms with E-state index in [4.69, 9.17) is 4.74 Å². The summed E-state index contributed by atoms with van der Waals surface area (Å²) in [5.41, 5.74) is 5.17. The van der Waals surface area contributed by atoms with Crippen molar-refractivity contribution in [1.82, 2.24) is 0 Å². The minimum atomic E-state index is -0.510. The van der Waals surface area contributed by atoms with Gasteiger partial charge in [0.15, 0.2) is 0 Å². The Bertz CT molecular complexity index is 992. The molecule has 0 aliphatic carbocycles. The van der Waals surface area contributed by atoms with E-state index >= 15 is 0 Å². The zero-order valence-corrected chi connectivity index (χ0v) is 17.5. The van der Waals surface area contributed by atoms with Crippen molar-refractivity contribution in [1.29, 1.82) is 5.26 Å². The van der Waals surface area contributed by atoms with Crippen LogP contribution in [0.1, 0.15) is 54.0 Å². The standard InChI is InChI=1S/C25H27NO3/c1-6-7-12-29-25(28)23(16(2)3)24(21-13-17(4)8-11-22(21)27)20-10-9-19(15-26)14-18(20)5/h6,8-11,13-14,24,27H,1,7,12H2,2-5H3/t24-/m1/s1. The molecule has 2 aromatic rings. The number of benzene rings is 2. The number of hydrogen-bond donors (Lipinski definition) is 1. The van der Waals surface area contributed by atoms with Gasteiger partial charge in [0.1, 0.15) is 5.75 Å². The second kappa shape index (κ2) is 9.75. The van der Waals surface area contributed by atoms with Gasteiger partial charge < -0.3 is 9.84 Å². The van der Waals surface area contributed by atoms with Crippen LogP contribution in [0.2, 0.25) is 0 Å². The van der Waals surface area contributed by atoms with Crippen LogP contribution in [-0.2, 0) is 9.53 Å². The van der Waals surface area contributed by atoms with Crippen molar-refractivity contribution in [2.75, 3.05) is 6.61 Å². The molecule has 0 heterocycles. The van der Waals surface area contributed by atoms with E-state index in [1.165, 1.54) is 0 Å². The molecule has 1 atom stereocenters. The number of aryl methyl sites for hydroxylation is 2. The number of carbonyl (C=O) groups is 1. The lowest BCUT2D eigenvalue weighted by atomic mass is 9.80. The number of rotatable bonds is 7. The van der Waals surface area contributed by atoms with Crippen LogP contribution in [0.3, 0.4) is 0 Å². The van der Waals surface area contributed by atoms with Crippen molar-refractivity contribution in [3.05, 3.63) is 88.0 Å². The number of phenols is 1. The Morgan fingerprint density at radius 2 is 1.93 bits per heavy atom. The fourth-order valence-electron chi connectivity index (χ4n) is 3.38. The third-order valence-corrected chi connectivity index (χ3v) is 4.81. The lowest BCUT2D eigenvalue weighted by Crippen LogP contribution is -2.19. The smallest absolute Gasteiger partial charge is 0.334 e. The molecule has 4 nitrogen and oxygen atoms in total. The van der Waals surface area contributed by atoms with E-state index in [0.29, 0.717) is 23.1 Å². The van der Waals surface area contributed by atoms with E-state index in [1.54, 1.807) is 24.3 Å². The highest BCUT2D eigenvalue weighted by Crippen LogP contribution is 2.40. The van der Waals surface area contributed by atoms with Gasteiger partial charge in [-0.25, -0.2) is 4.79 Å². The van der Waals surface area contributed by atoms with Gasteiger partial charge in [0.25, 0.3) is 0 Å². The molecule has 2 aromatic carbocycles. The summed E-state index contributed by atoms with van der Waals surface area (Å²) in [5.74, 6) is -0.813. The van der Waals surface area contributed by atoms with Crippen LogP contribution in [0, 0.1) is 25.2 Å². The van der Waals surface area contributed by atoms with Crippen molar-refractivity contribution < 1.29 is 14.6 Å². The van der Waals surface area contributed by atoms with Gasteiger partial charge in [0.05, 0.1) is 18.2 Å². The number of hydrogen-bond acceptors (Lipinski definition) is 4. The first kappa shape index (κ1) is 22.0. The Morgan fingerprint density at radius 1 is 1.21 bits per heavy atom. The number of ether oxygens (including phenoxy) is 1. The quantitative estimate of drug-likeness (QED) is 0.295. The topological polar surface area (TPSA) is 70.3 Å². The Labute approximate surface area is 172 Å². The van der Waals surface area contributed by atoms with Crippen LogP contribution < -0.4 is 0 Å². The van der Waals surface area contributed by atoms with E-state index in [0.717, 1.165) is 22.3 Å². The summed E-state index contributed by atoms with van der Waals surface area (Å²) in [6, 6.07) is 12.9. The predicted octanol–water partition coefficient (Wildman–Crippen LogP) is 5.47. The molecule has 0 saturated carbocycles. The first-order chi connectivity index (χ1) is 13.8. The third kappa shape index (κ3) is 5.14. The number of esters is 1. The summed E-state index contributed by atoms with van der Waals surface area (Å²) in [6.45, 7) is 11.5. The van der Waals surface area contributed by atoms with E-state index in [2.05, 4.69) is 12.6 Å². The molecule has 0 saturated heterocycles. The van der Waals surface area contributed by atoms with Gasteiger partial charge in [-0.2, -0.15) is 5.26 Å². The van der Waals surface area contributed by atoms with Crippen LogP contribution in [0.4, 0.5) is 0 Å². The number of nitriles is 1. The van der Waals surface area contributed by atoms with Crippen LogP contribution in [0.5, 0.6) is 5.75 Å². The maximum absolute atomic E-state index is 13.0. The van der Waals surface area contributed by atoms with Gasteiger partial charge in [-0.3, -0.25) is 0 Å². The summed E-state index contributed by atoms with van der Waals surface area (Å²) < 4.78 is 5.48. The van der Waals surface area contributed by atoms with E-state index in [1.807, 2.05) is 45.9 Å². The molecule has 1 N–H and O–H groups in total. The van der Waals surface area contributed by atoms with Crippen LogP contribution in [0.15, 0.2) is 60.2 Å². The summed E-state index contributed by atoms with van der Waals surface area (Å²) >= 11 is 0. The zero-order valence-electron chi connectivity index (χ0n) is 17.5. The summed E-state index contributed by atoms with van der Waals surface area (Å²) in [7, 11) is 0. The number of allylic oxidation sites excluding steroid dienone is 1. The predicted molar refractivity (Wildman–Crippen MR) is 115 cm³/mol. The molecule has 0 fully saturated rings. The van der Waals surface area contributed by atoms with Crippen LogP contribution in [0.25, 0.3) is 0 Å². The van der Waals surface area contributed by atoms with Crippen molar-refractivity contribution in [2.24, 2.45) is 0 Å². The second-order valence-corrected chi connectivity index (χ2v) is 7.31. The van der Waals surface area contributed by atoms with E-state index in [-0.39, 0.29) is 12.4 Å². The lowest BCUT2D eigenvalue weighted by Gasteiger charge is -2.25. The molecule has 0 aliphatic rings. The molecular weight excluding hydrogens is 362 g/mol. The van der Waals surface area contributed by atoms with Gasteiger partial charge in [-0.05, 0) is 63.4 Å². The molecule has 29 heavy (non-hydrogen) atoms. The van der Waals surface area contributed by atoms with Crippen molar-refractivity contribution in [3.8, 4) is 11.8 Å². The summed E-state index contributed by atoms with van der Waals surface area (Å²) in [6.07, 6.45) is 2.27. The summed E-state index contributed by atoms with van der Waals surface area (Å²) in [5, 5.41) is 19.9. The molecule has 4 heteroatoms. The molecule has 0 unspecified atom stereocenters. The highest BCUT2D eigenvalue weighted by molar-refractivity contribution is 5.92. The molecular formula is C25H27NO3. The Balaban J connectivity index is 2.71. The number of aromatic hydroxyl groups is 1. The van der Waals surface area contributed by atoms with Crippen LogP contribution in [-0.4, -0.2) is 17.7 Å². The van der Waals surface area contributed by atoms with Crippen molar-refractivity contribution >= 4 is 5.97 Å². The molecule has 0 bridgehead atoms. The average molecular weight is 389 g/mol. The molecule has 150 valence electrons. The number of carbonyl (C=O) groups excluding carboxylic acids is 1. The zero-order chi connectivity index (χ0) is 21.6. The fourth-order valence-corrected chi connectivity index (χ4v) is 3.38. The lowest BCUT2D eigenvalue weighted by molar-refractivity contribution is -0.139. The van der Waals surface area contributed by atoms with Crippen LogP contribution >= 0.6 is 0 Å². The molecule has 2 rings (SSSR count). The van der Waals surface area contributed by atoms with Gasteiger partial charge >= 0.3 is 5.97 Å². The highest BCUT2D eigenvalue weighted by Gasteiger charge is 2.30. The SMILES string of the molecule is C=CCCOC(=O)C(=C(C)C)[C@H](c1ccc(C#N)cc1C)c1cc(C)ccc1O. The normalized spacial score (nSPS) is 11.3. The third-order valence-electron chi connectivity index (χ3n) is 4.81. The second-order valence-electron chi connectivity index (χ2n) is 7.31. The van der Waals surface area contributed by atoms with Gasteiger partial charge in [-0.15, -0.1) is 6.58 Å². The molecule has 0 aromatic heterocycles. The first-order valence-electron chi connectivity index (χ1n) is 9.55. The Hall–Kier alpha value is -3.32. The summed E-state index contributed by atoms with van der Waals surface area (Å²) in [4.78, 5) is 13.0. The van der Waals surface area contributed by atoms with Gasteiger partial charge in [0, 0.05) is 17.1 Å². The molecule has 0 aliphatic heterocycles. The number of nitrogens with zero attached hydrogens (tertiary/aromatic N) is 1. The first-order valence-corrected chi connectivity index (χ1v) is 9.55. The van der Waals surface area contributed by atoms with Gasteiger partial charge in [-0.1, -0.05) is 35.4 Å². The maximum atomic E-state index is 13.0. The van der Waals surface area contributed by atoms with Crippen molar-refractivity contribution in [2.45, 2.75) is 40.0 Å². The Morgan fingerprint density at radius 3 is 2.52 bits per heavy atom. The fraction of sp³-hybridized carbons (Fsp3) is 0.280. The van der Waals surface area contributed by atoms with Gasteiger partial charge in [0.2, 0.25) is 0 Å². The largest absolute Gasteiger partial charge is 0.508 e. The monoisotopic (exact) mass is 389 g/mol. The maximum Gasteiger partial charge on any atom is 0.334 e. The molecule has 0 spiro atoms. The van der Waals surface area contributed by atoms with E-state index < -0.39 is 11.9 Å². The molecule has 0 amide bonds. The minimum absolute atomic E-state index is 0.113.